The number of hydrogen-bond acceptors (Lipinski definition) is 1. The maximum absolute atomic E-state index is 12.7. The molecule has 1 nitrogen and oxygen atoms in total. The Labute approximate surface area is 207 Å². The third kappa shape index (κ3) is 6.57. The number of rotatable bonds is 9. The molecule has 0 N–H and O–H groups in total. The highest BCUT2D eigenvalue weighted by Gasteiger charge is 2.33. The SMILES string of the molecule is CC[SiH](OC)[C@H]1CC[C@H](C2CCC(c3ccc(CCc4ccc(C(F)F)cc4)cc3)CC2)CC1. The van der Waals surface area contributed by atoms with E-state index < -0.39 is 15.5 Å². The lowest BCUT2D eigenvalue weighted by atomic mass is 9.70. The Hall–Kier alpha value is -1.52. The van der Waals surface area contributed by atoms with E-state index in [0.29, 0.717) is 5.92 Å². The fourth-order valence-corrected chi connectivity index (χ4v) is 9.19. The molecule has 0 aliphatic heterocycles. The molecule has 0 radical (unpaired) electrons. The maximum atomic E-state index is 12.7. The molecule has 2 aliphatic rings. The van der Waals surface area contributed by atoms with E-state index in [1.807, 2.05) is 19.2 Å². The first-order chi connectivity index (χ1) is 16.6. The van der Waals surface area contributed by atoms with Crippen molar-refractivity contribution in [1.82, 2.24) is 0 Å². The molecule has 0 spiro atoms. The maximum Gasteiger partial charge on any atom is 0.263 e. The first-order valence-electron chi connectivity index (χ1n) is 13.6. The quantitative estimate of drug-likeness (QED) is 0.324. The molecule has 0 aromatic heterocycles. The zero-order valence-electron chi connectivity index (χ0n) is 21.0. The van der Waals surface area contributed by atoms with Crippen molar-refractivity contribution >= 4 is 9.04 Å². The van der Waals surface area contributed by atoms with Crippen molar-refractivity contribution in [3.8, 4) is 0 Å². The van der Waals surface area contributed by atoms with Crippen LogP contribution < -0.4 is 0 Å². The van der Waals surface area contributed by atoms with E-state index in [4.69, 9.17) is 4.43 Å². The van der Waals surface area contributed by atoms with Crippen LogP contribution in [0.15, 0.2) is 48.5 Å². The molecule has 4 heteroatoms. The summed E-state index contributed by atoms with van der Waals surface area (Å²) in [7, 11) is 0.986. The van der Waals surface area contributed by atoms with Crippen LogP contribution in [-0.2, 0) is 17.3 Å². The average Bonchev–Trinajstić information content (AvgIpc) is 2.89. The Balaban J connectivity index is 1.21. The fourth-order valence-electron chi connectivity index (χ4n) is 6.68. The topological polar surface area (TPSA) is 9.23 Å². The fraction of sp³-hybridized carbons (Fsp3) is 0.600. The van der Waals surface area contributed by atoms with Gasteiger partial charge >= 0.3 is 0 Å². The molecule has 4 rings (SSSR count). The molecule has 34 heavy (non-hydrogen) atoms. The van der Waals surface area contributed by atoms with Crippen molar-refractivity contribution < 1.29 is 13.2 Å². The van der Waals surface area contributed by atoms with Gasteiger partial charge in [0.1, 0.15) is 0 Å². The summed E-state index contributed by atoms with van der Waals surface area (Å²) in [5.41, 5.74) is 4.98. The van der Waals surface area contributed by atoms with Crippen LogP contribution in [0.2, 0.25) is 11.6 Å². The van der Waals surface area contributed by atoms with Crippen LogP contribution in [0, 0.1) is 11.8 Å². The third-order valence-corrected chi connectivity index (χ3v) is 12.0. The second kappa shape index (κ2) is 12.4. The standard InChI is InChI=1S/C30H42F2OSi/c1-3-34(33-2)29-20-18-27(19-21-29)26-16-14-25(15-17-26)24-10-6-22(7-11-24)4-5-23-8-12-28(13-9-23)30(31)32/h6-13,25-27,29-30,34H,3-5,14-21H2,1-2H3/t25?,26?,27-,29-,34?. The molecule has 2 aromatic rings. The van der Waals surface area contributed by atoms with Gasteiger partial charge in [-0.05, 0) is 84.6 Å². The molecule has 2 aliphatic carbocycles. The number of alkyl halides is 2. The van der Waals surface area contributed by atoms with Crippen LogP contribution in [0.25, 0.3) is 0 Å². The number of hydrogen-bond donors (Lipinski definition) is 0. The highest BCUT2D eigenvalue weighted by Crippen LogP contribution is 2.45. The molecule has 186 valence electrons. The third-order valence-electron chi connectivity index (χ3n) is 8.87. The molecule has 2 aromatic carbocycles. The predicted octanol–water partition coefficient (Wildman–Crippen LogP) is 8.63. The Morgan fingerprint density at radius 1 is 0.765 bits per heavy atom. The minimum Gasteiger partial charge on any atom is -0.423 e. The number of benzene rings is 2. The normalized spacial score (nSPS) is 26.5. The van der Waals surface area contributed by atoms with Gasteiger partial charge in [0.05, 0.1) is 0 Å². The highest BCUT2D eigenvalue weighted by molar-refractivity contribution is 6.53. The van der Waals surface area contributed by atoms with E-state index in [1.54, 1.807) is 12.1 Å². The van der Waals surface area contributed by atoms with E-state index in [9.17, 15) is 8.78 Å². The Kier molecular flexibility index (Phi) is 9.36. The Morgan fingerprint density at radius 3 is 1.74 bits per heavy atom. The van der Waals surface area contributed by atoms with E-state index >= 15 is 0 Å². The molecule has 2 saturated carbocycles. The molecule has 0 amide bonds. The molecule has 1 unspecified atom stereocenters. The number of aryl methyl sites for hydroxylation is 2. The molecule has 2 fully saturated rings. The summed E-state index contributed by atoms with van der Waals surface area (Å²) in [6, 6.07) is 17.3. The lowest BCUT2D eigenvalue weighted by Crippen LogP contribution is -2.30. The van der Waals surface area contributed by atoms with Crippen molar-refractivity contribution in [2.24, 2.45) is 11.8 Å². The summed E-state index contributed by atoms with van der Waals surface area (Å²) in [6.45, 7) is 2.32. The molecule has 0 heterocycles. The summed E-state index contributed by atoms with van der Waals surface area (Å²) in [5, 5.41) is 0. The predicted molar refractivity (Wildman–Crippen MR) is 140 cm³/mol. The zero-order valence-corrected chi connectivity index (χ0v) is 22.2. The average molecular weight is 485 g/mol. The summed E-state index contributed by atoms with van der Waals surface area (Å²) in [4.78, 5) is 0. The van der Waals surface area contributed by atoms with Gasteiger partial charge in [0.2, 0.25) is 0 Å². The van der Waals surface area contributed by atoms with Crippen LogP contribution in [-0.4, -0.2) is 16.2 Å². The summed E-state index contributed by atoms with van der Waals surface area (Å²) >= 11 is 0. The van der Waals surface area contributed by atoms with Crippen molar-refractivity contribution in [3.05, 3.63) is 70.8 Å². The smallest absolute Gasteiger partial charge is 0.263 e. The van der Waals surface area contributed by atoms with E-state index in [2.05, 4.69) is 31.2 Å². The summed E-state index contributed by atoms with van der Waals surface area (Å²) in [5.74, 6) is 2.61. The van der Waals surface area contributed by atoms with Crippen molar-refractivity contribution in [2.45, 2.75) is 95.1 Å². The van der Waals surface area contributed by atoms with E-state index in [1.165, 1.54) is 68.5 Å². The summed E-state index contributed by atoms with van der Waals surface area (Å²) in [6.07, 6.45) is 10.6. The van der Waals surface area contributed by atoms with E-state index in [0.717, 1.165) is 35.8 Å². The van der Waals surface area contributed by atoms with Crippen molar-refractivity contribution in [1.29, 1.82) is 0 Å². The molecule has 0 saturated heterocycles. The van der Waals surface area contributed by atoms with Crippen LogP contribution in [0.4, 0.5) is 8.78 Å². The lowest BCUT2D eigenvalue weighted by molar-refractivity contribution is 0.151. The van der Waals surface area contributed by atoms with Gasteiger partial charge < -0.3 is 4.43 Å². The van der Waals surface area contributed by atoms with Crippen LogP contribution in [0.5, 0.6) is 0 Å². The molecule has 1 atom stereocenters. The minimum atomic E-state index is -2.39. The highest BCUT2D eigenvalue weighted by atomic mass is 28.3. The van der Waals surface area contributed by atoms with Gasteiger partial charge in [-0.25, -0.2) is 8.78 Å². The van der Waals surface area contributed by atoms with Gasteiger partial charge in [0.25, 0.3) is 6.43 Å². The van der Waals surface area contributed by atoms with Gasteiger partial charge in [0.15, 0.2) is 9.04 Å². The Bertz CT molecular complexity index is 846. The van der Waals surface area contributed by atoms with Gasteiger partial charge in [-0.2, -0.15) is 0 Å². The first kappa shape index (κ1) is 25.6. The number of halogens is 2. The van der Waals surface area contributed by atoms with E-state index in [-0.39, 0.29) is 5.56 Å². The van der Waals surface area contributed by atoms with Crippen LogP contribution >= 0.6 is 0 Å². The molecular formula is C30H42F2OSi. The van der Waals surface area contributed by atoms with Gasteiger partial charge in [-0.1, -0.05) is 81.1 Å². The minimum absolute atomic E-state index is 0.105. The summed E-state index contributed by atoms with van der Waals surface area (Å²) < 4.78 is 31.3. The van der Waals surface area contributed by atoms with Gasteiger partial charge in [0, 0.05) is 12.7 Å². The van der Waals surface area contributed by atoms with Gasteiger partial charge in [-0.3, -0.25) is 0 Å². The molecule has 0 bridgehead atoms. The van der Waals surface area contributed by atoms with Crippen LogP contribution in [0.1, 0.15) is 92.9 Å². The zero-order chi connectivity index (χ0) is 23.9. The molecular weight excluding hydrogens is 442 g/mol. The van der Waals surface area contributed by atoms with Crippen molar-refractivity contribution in [3.63, 3.8) is 0 Å². The van der Waals surface area contributed by atoms with Crippen molar-refractivity contribution in [2.75, 3.05) is 7.11 Å². The second-order valence-electron chi connectivity index (χ2n) is 10.8. The monoisotopic (exact) mass is 484 g/mol. The largest absolute Gasteiger partial charge is 0.423 e. The second-order valence-corrected chi connectivity index (χ2v) is 14.1. The van der Waals surface area contributed by atoms with Gasteiger partial charge in [-0.15, -0.1) is 0 Å². The Morgan fingerprint density at radius 2 is 1.26 bits per heavy atom. The van der Waals surface area contributed by atoms with Crippen LogP contribution in [0.3, 0.4) is 0 Å². The first-order valence-corrected chi connectivity index (χ1v) is 15.5. The lowest BCUT2D eigenvalue weighted by Gasteiger charge is -2.39.